The second-order valence-corrected chi connectivity index (χ2v) is 4.47. The Morgan fingerprint density at radius 1 is 1.20 bits per heavy atom. The fraction of sp³-hybridized carbons (Fsp3) is 0.538. The molecule has 2 heteroatoms. The molecule has 1 saturated carbocycles. The third-order valence-corrected chi connectivity index (χ3v) is 3.48. The van der Waals surface area contributed by atoms with Crippen LogP contribution in [0.5, 0.6) is 0 Å². The maximum atomic E-state index is 10.3. The van der Waals surface area contributed by atoms with Gasteiger partial charge >= 0.3 is 0 Å². The van der Waals surface area contributed by atoms with Crippen LogP contribution in [-0.2, 0) is 0 Å². The van der Waals surface area contributed by atoms with E-state index in [4.69, 9.17) is 0 Å². The van der Waals surface area contributed by atoms with Gasteiger partial charge < -0.3 is 10.2 Å². The summed E-state index contributed by atoms with van der Waals surface area (Å²) in [6.07, 6.45) is 3.84. The molecule has 0 radical (unpaired) electrons. The summed E-state index contributed by atoms with van der Waals surface area (Å²) < 4.78 is 0. The first-order valence-corrected chi connectivity index (χ1v) is 5.64. The molecule has 2 N–H and O–H groups in total. The molecule has 1 fully saturated rings. The van der Waals surface area contributed by atoms with Crippen molar-refractivity contribution in [2.45, 2.75) is 37.2 Å². The monoisotopic (exact) mass is 206 g/mol. The predicted octanol–water partition coefficient (Wildman–Crippen LogP) is 2.07. The number of rotatable bonds is 2. The Morgan fingerprint density at radius 3 is 2.60 bits per heavy atom. The largest absolute Gasteiger partial charge is 0.393 e. The molecule has 15 heavy (non-hydrogen) atoms. The number of hydrogen-bond donors (Lipinski definition) is 2. The van der Waals surface area contributed by atoms with Crippen LogP contribution in [0.3, 0.4) is 0 Å². The lowest BCUT2D eigenvalue weighted by atomic mass is 9.72. The summed E-state index contributed by atoms with van der Waals surface area (Å²) in [5.74, 6) is 0.0949. The Morgan fingerprint density at radius 2 is 1.93 bits per heavy atom. The first-order chi connectivity index (χ1) is 7.26. The van der Waals surface area contributed by atoms with Crippen LogP contribution in [0, 0.1) is 0 Å². The molecule has 2 atom stereocenters. The standard InChI is InChI=1S/C13H18O2/c14-10-13(15)9-5-4-8-12(13)11-6-2-1-3-7-11/h1-3,6-7,12,14-15H,4-5,8-10H2. The first kappa shape index (κ1) is 10.7. The van der Waals surface area contributed by atoms with Gasteiger partial charge in [0.1, 0.15) is 0 Å². The summed E-state index contributed by atoms with van der Waals surface area (Å²) in [7, 11) is 0. The molecular weight excluding hydrogens is 188 g/mol. The van der Waals surface area contributed by atoms with Gasteiger partial charge in [0.05, 0.1) is 12.2 Å². The fourth-order valence-corrected chi connectivity index (χ4v) is 2.57. The van der Waals surface area contributed by atoms with Crippen molar-refractivity contribution >= 4 is 0 Å². The van der Waals surface area contributed by atoms with Crippen molar-refractivity contribution in [3.63, 3.8) is 0 Å². The Hall–Kier alpha value is -0.860. The van der Waals surface area contributed by atoms with Gasteiger partial charge in [0.15, 0.2) is 0 Å². The SMILES string of the molecule is OCC1(O)CCCCC1c1ccccc1. The molecule has 1 aliphatic carbocycles. The molecule has 2 nitrogen and oxygen atoms in total. The molecule has 0 amide bonds. The van der Waals surface area contributed by atoms with Gasteiger partial charge in [0, 0.05) is 5.92 Å². The molecule has 1 aromatic carbocycles. The average molecular weight is 206 g/mol. The van der Waals surface area contributed by atoms with Crippen LogP contribution in [0.2, 0.25) is 0 Å². The Balaban J connectivity index is 2.26. The summed E-state index contributed by atoms with van der Waals surface area (Å²) in [4.78, 5) is 0. The zero-order chi connectivity index (χ0) is 10.7. The average Bonchev–Trinajstić information content (AvgIpc) is 2.31. The second-order valence-electron chi connectivity index (χ2n) is 4.47. The van der Waals surface area contributed by atoms with E-state index in [9.17, 15) is 10.2 Å². The quantitative estimate of drug-likeness (QED) is 0.777. The van der Waals surface area contributed by atoms with E-state index in [-0.39, 0.29) is 12.5 Å². The van der Waals surface area contributed by atoms with Crippen molar-refractivity contribution in [1.82, 2.24) is 0 Å². The topological polar surface area (TPSA) is 40.5 Å². The van der Waals surface area contributed by atoms with Gasteiger partial charge in [-0.15, -0.1) is 0 Å². The number of aliphatic hydroxyl groups is 2. The van der Waals surface area contributed by atoms with E-state index in [0.29, 0.717) is 6.42 Å². The molecule has 0 heterocycles. The minimum atomic E-state index is -0.903. The van der Waals surface area contributed by atoms with E-state index in [2.05, 4.69) is 0 Å². The van der Waals surface area contributed by atoms with Gasteiger partial charge in [-0.05, 0) is 18.4 Å². The van der Waals surface area contributed by atoms with Crippen LogP contribution in [0.4, 0.5) is 0 Å². The number of aliphatic hydroxyl groups excluding tert-OH is 1. The van der Waals surface area contributed by atoms with Crippen LogP contribution in [-0.4, -0.2) is 22.4 Å². The number of hydrogen-bond acceptors (Lipinski definition) is 2. The highest BCUT2D eigenvalue weighted by atomic mass is 16.3. The van der Waals surface area contributed by atoms with Gasteiger partial charge in [0.25, 0.3) is 0 Å². The van der Waals surface area contributed by atoms with E-state index in [1.165, 1.54) is 0 Å². The van der Waals surface area contributed by atoms with Crippen LogP contribution >= 0.6 is 0 Å². The third kappa shape index (κ3) is 2.06. The molecule has 0 spiro atoms. The van der Waals surface area contributed by atoms with Crippen LogP contribution < -0.4 is 0 Å². The van der Waals surface area contributed by atoms with Gasteiger partial charge in [0.2, 0.25) is 0 Å². The molecular formula is C13H18O2. The summed E-state index contributed by atoms with van der Waals surface area (Å²) in [5.41, 5.74) is 0.244. The molecule has 0 aromatic heterocycles. The normalized spacial score (nSPS) is 31.5. The van der Waals surface area contributed by atoms with E-state index in [1.807, 2.05) is 30.3 Å². The van der Waals surface area contributed by atoms with Crippen LogP contribution in [0.1, 0.15) is 37.2 Å². The van der Waals surface area contributed by atoms with Crippen molar-refractivity contribution < 1.29 is 10.2 Å². The molecule has 2 unspecified atom stereocenters. The summed E-state index contributed by atoms with van der Waals surface area (Å²) in [6.45, 7) is -0.132. The Bertz CT molecular complexity index is 310. The van der Waals surface area contributed by atoms with Crippen molar-refractivity contribution in [2.75, 3.05) is 6.61 Å². The van der Waals surface area contributed by atoms with Gasteiger partial charge in [-0.3, -0.25) is 0 Å². The lowest BCUT2D eigenvalue weighted by molar-refractivity contribution is -0.0593. The maximum absolute atomic E-state index is 10.3. The van der Waals surface area contributed by atoms with E-state index in [0.717, 1.165) is 24.8 Å². The lowest BCUT2D eigenvalue weighted by Gasteiger charge is -2.39. The van der Waals surface area contributed by atoms with Gasteiger partial charge in [-0.2, -0.15) is 0 Å². The molecule has 0 aliphatic heterocycles. The second kappa shape index (κ2) is 4.33. The van der Waals surface area contributed by atoms with Crippen LogP contribution in [0.25, 0.3) is 0 Å². The van der Waals surface area contributed by atoms with Gasteiger partial charge in [-0.1, -0.05) is 43.2 Å². The fourth-order valence-electron chi connectivity index (χ4n) is 2.57. The van der Waals surface area contributed by atoms with Crippen LogP contribution in [0.15, 0.2) is 30.3 Å². The zero-order valence-corrected chi connectivity index (χ0v) is 8.89. The lowest BCUT2D eigenvalue weighted by Crippen LogP contribution is -2.42. The Labute approximate surface area is 90.6 Å². The summed E-state index contributed by atoms with van der Waals surface area (Å²) in [6, 6.07) is 10.0. The highest BCUT2D eigenvalue weighted by Crippen LogP contribution is 2.40. The molecule has 2 rings (SSSR count). The third-order valence-electron chi connectivity index (χ3n) is 3.48. The number of benzene rings is 1. The minimum absolute atomic E-state index is 0.0949. The summed E-state index contributed by atoms with van der Waals surface area (Å²) in [5, 5.41) is 19.7. The van der Waals surface area contributed by atoms with E-state index < -0.39 is 5.60 Å². The van der Waals surface area contributed by atoms with Crippen molar-refractivity contribution in [2.24, 2.45) is 0 Å². The van der Waals surface area contributed by atoms with Gasteiger partial charge in [-0.25, -0.2) is 0 Å². The van der Waals surface area contributed by atoms with Crippen molar-refractivity contribution in [3.8, 4) is 0 Å². The smallest absolute Gasteiger partial charge is 0.0945 e. The highest BCUT2D eigenvalue weighted by molar-refractivity contribution is 5.23. The zero-order valence-electron chi connectivity index (χ0n) is 8.89. The molecule has 1 aliphatic rings. The van der Waals surface area contributed by atoms with Crippen molar-refractivity contribution in [3.05, 3.63) is 35.9 Å². The maximum Gasteiger partial charge on any atom is 0.0945 e. The predicted molar refractivity (Wildman–Crippen MR) is 59.7 cm³/mol. The molecule has 0 saturated heterocycles. The Kier molecular flexibility index (Phi) is 3.08. The molecule has 0 bridgehead atoms. The van der Waals surface area contributed by atoms with Crippen molar-refractivity contribution in [1.29, 1.82) is 0 Å². The minimum Gasteiger partial charge on any atom is -0.393 e. The van der Waals surface area contributed by atoms with E-state index >= 15 is 0 Å². The van der Waals surface area contributed by atoms with E-state index in [1.54, 1.807) is 0 Å². The first-order valence-electron chi connectivity index (χ1n) is 5.64. The molecule has 82 valence electrons. The highest BCUT2D eigenvalue weighted by Gasteiger charge is 2.38. The summed E-state index contributed by atoms with van der Waals surface area (Å²) >= 11 is 0. The molecule has 1 aromatic rings.